The molecule has 3 aromatic rings. The number of hydrogen-bond acceptors (Lipinski definition) is 4. The average molecular weight is 410 g/mol. The number of halogens is 1. The Morgan fingerprint density at radius 2 is 1.27 bits per heavy atom. The summed E-state index contributed by atoms with van der Waals surface area (Å²) in [4.78, 5) is 0. The molecule has 0 radical (unpaired) electrons. The van der Waals surface area contributed by atoms with Crippen LogP contribution in [0.4, 0.5) is 4.39 Å². The Balaban J connectivity index is 1.59. The highest BCUT2D eigenvalue weighted by Crippen LogP contribution is 2.23. The number of rotatable bonds is 11. The molecule has 3 aromatic carbocycles. The molecule has 0 aliphatic rings. The van der Waals surface area contributed by atoms with Gasteiger partial charge in [0.25, 0.3) is 0 Å². The Morgan fingerprint density at radius 1 is 0.733 bits per heavy atom. The molecule has 0 aliphatic heterocycles. The summed E-state index contributed by atoms with van der Waals surface area (Å²) in [5.74, 6) is 0. The monoisotopic (exact) mass is 409 g/mol. The lowest BCUT2D eigenvalue weighted by Gasteiger charge is -2.27. The van der Waals surface area contributed by atoms with E-state index in [1.54, 1.807) is 30.3 Å². The van der Waals surface area contributed by atoms with Crippen LogP contribution in [-0.4, -0.2) is 35.6 Å². The van der Waals surface area contributed by atoms with Crippen molar-refractivity contribution in [1.29, 1.82) is 0 Å². The fraction of sp³-hybridized carbons (Fsp3) is 0.280. The summed E-state index contributed by atoms with van der Waals surface area (Å²) < 4.78 is 20.3. The fourth-order valence-corrected chi connectivity index (χ4v) is 3.31. The molecule has 4 nitrogen and oxygen atoms in total. The highest BCUT2D eigenvalue weighted by Gasteiger charge is 2.25. The number of ether oxygens (including phenoxy) is 1. The maximum atomic E-state index is 14.6. The van der Waals surface area contributed by atoms with Gasteiger partial charge in [0.1, 0.15) is 6.10 Å². The van der Waals surface area contributed by atoms with Crippen molar-refractivity contribution >= 4 is 0 Å². The zero-order chi connectivity index (χ0) is 21.2. The molecule has 0 spiro atoms. The van der Waals surface area contributed by atoms with E-state index < -0.39 is 24.4 Å². The number of aliphatic hydroxyl groups excluding tert-OH is 2. The minimum absolute atomic E-state index is 0.00856. The van der Waals surface area contributed by atoms with Gasteiger partial charge in [-0.25, -0.2) is 4.39 Å². The van der Waals surface area contributed by atoms with Gasteiger partial charge >= 0.3 is 0 Å². The van der Waals surface area contributed by atoms with E-state index in [1.807, 2.05) is 60.7 Å². The van der Waals surface area contributed by atoms with Gasteiger partial charge in [0, 0.05) is 6.54 Å². The van der Waals surface area contributed by atoms with E-state index in [0.717, 1.165) is 11.1 Å². The molecule has 0 unspecified atom stereocenters. The first kappa shape index (κ1) is 22.1. The van der Waals surface area contributed by atoms with Crippen LogP contribution in [-0.2, 0) is 11.3 Å². The Labute approximate surface area is 177 Å². The third kappa shape index (κ3) is 6.47. The summed E-state index contributed by atoms with van der Waals surface area (Å²) in [6.45, 7) is 0.489. The van der Waals surface area contributed by atoms with Crippen LogP contribution in [0.3, 0.4) is 0 Å². The van der Waals surface area contributed by atoms with Crippen molar-refractivity contribution in [2.24, 2.45) is 0 Å². The maximum Gasteiger partial charge on any atom is 0.152 e. The molecule has 3 N–H and O–H groups in total. The molecule has 0 aromatic heterocycles. The van der Waals surface area contributed by atoms with Gasteiger partial charge in [-0.15, -0.1) is 0 Å². The first-order valence-electron chi connectivity index (χ1n) is 10.1. The number of alkyl halides is 1. The third-order valence-electron chi connectivity index (χ3n) is 4.95. The van der Waals surface area contributed by atoms with Crippen LogP contribution in [0.1, 0.15) is 28.9 Å². The van der Waals surface area contributed by atoms with Gasteiger partial charge in [0.15, 0.2) is 6.17 Å². The van der Waals surface area contributed by atoms with E-state index in [1.165, 1.54) is 0 Å². The van der Waals surface area contributed by atoms with Crippen LogP contribution in [0.15, 0.2) is 91.0 Å². The Bertz CT molecular complexity index is 848. The van der Waals surface area contributed by atoms with Crippen molar-refractivity contribution in [2.75, 3.05) is 13.2 Å². The second-order valence-corrected chi connectivity index (χ2v) is 7.24. The molecule has 158 valence electrons. The summed E-state index contributed by atoms with van der Waals surface area (Å²) in [7, 11) is 0. The summed E-state index contributed by atoms with van der Waals surface area (Å²) in [5, 5.41) is 24.2. The van der Waals surface area contributed by atoms with Crippen molar-refractivity contribution in [3.8, 4) is 0 Å². The van der Waals surface area contributed by atoms with Gasteiger partial charge in [-0.05, 0) is 16.7 Å². The normalized spacial score (nSPS) is 15.3. The lowest BCUT2D eigenvalue weighted by Crippen LogP contribution is -2.40. The van der Waals surface area contributed by atoms with E-state index in [0.29, 0.717) is 12.2 Å². The Morgan fingerprint density at radius 3 is 1.87 bits per heavy atom. The molecule has 3 rings (SSSR count). The summed E-state index contributed by atoms with van der Waals surface area (Å²) in [6.07, 6.45) is -3.62. The molecule has 5 heteroatoms. The summed E-state index contributed by atoms with van der Waals surface area (Å²) >= 11 is 0. The molecule has 0 bridgehead atoms. The van der Waals surface area contributed by atoms with Crippen molar-refractivity contribution in [1.82, 2.24) is 5.32 Å². The lowest BCUT2D eigenvalue weighted by molar-refractivity contribution is 0.00307. The summed E-state index contributed by atoms with van der Waals surface area (Å²) in [5.41, 5.74) is 2.29. The zero-order valence-electron chi connectivity index (χ0n) is 16.8. The molecule has 30 heavy (non-hydrogen) atoms. The third-order valence-corrected chi connectivity index (χ3v) is 4.95. The van der Waals surface area contributed by atoms with Crippen molar-refractivity contribution < 1.29 is 19.3 Å². The number of nitrogens with one attached hydrogen (secondary N) is 1. The molecule has 0 saturated heterocycles. The highest BCUT2D eigenvalue weighted by molar-refractivity contribution is 5.21. The van der Waals surface area contributed by atoms with E-state index in [2.05, 4.69) is 5.32 Å². The first-order valence-corrected chi connectivity index (χ1v) is 10.1. The van der Waals surface area contributed by atoms with Gasteiger partial charge < -0.3 is 20.3 Å². The summed E-state index contributed by atoms with van der Waals surface area (Å²) in [6, 6.07) is 27.2. The number of aliphatic hydroxyl groups is 2. The predicted molar refractivity (Wildman–Crippen MR) is 116 cm³/mol. The highest BCUT2D eigenvalue weighted by atomic mass is 19.1. The van der Waals surface area contributed by atoms with E-state index in [4.69, 9.17) is 4.74 Å². The minimum atomic E-state index is -1.51. The first-order chi connectivity index (χ1) is 14.6. The maximum absolute atomic E-state index is 14.6. The largest absolute Gasteiger partial charge is 0.389 e. The van der Waals surface area contributed by atoms with Gasteiger partial charge in [0.2, 0.25) is 0 Å². The van der Waals surface area contributed by atoms with Gasteiger partial charge in [-0.3, -0.25) is 0 Å². The van der Waals surface area contributed by atoms with Gasteiger partial charge in [-0.2, -0.15) is 0 Å². The molecule has 0 heterocycles. The molecule has 0 amide bonds. The second-order valence-electron chi connectivity index (χ2n) is 7.24. The number of benzene rings is 3. The topological polar surface area (TPSA) is 61.7 Å². The average Bonchev–Trinajstić information content (AvgIpc) is 2.80. The molecule has 0 saturated carbocycles. The zero-order valence-corrected chi connectivity index (χ0v) is 16.8. The SMILES string of the molecule is O[C@@H](CN[C@H](c1ccccc1)[C@@H](O)COCc1ccccc1)[C@H](F)c1ccccc1. The predicted octanol–water partition coefficient (Wildman–Crippen LogP) is 3.97. The molecule has 0 fully saturated rings. The van der Waals surface area contributed by atoms with Crippen LogP contribution >= 0.6 is 0 Å². The second kappa shape index (κ2) is 11.6. The van der Waals surface area contributed by atoms with E-state index in [-0.39, 0.29) is 13.2 Å². The van der Waals surface area contributed by atoms with Crippen molar-refractivity contribution in [3.63, 3.8) is 0 Å². The van der Waals surface area contributed by atoms with Crippen LogP contribution in [0.2, 0.25) is 0 Å². The Kier molecular flexibility index (Phi) is 8.53. The Hall–Kier alpha value is -2.57. The van der Waals surface area contributed by atoms with Crippen molar-refractivity contribution in [3.05, 3.63) is 108 Å². The van der Waals surface area contributed by atoms with E-state index >= 15 is 0 Å². The fourth-order valence-electron chi connectivity index (χ4n) is 3.31. The molecule has 4 atom stereocenters. The molecular weight excluding hydrogens is 381 g/mol. The van der Waals surface area contributed by atoms with Crippen LogP contribution in [0.5, 0.6) is 0 Å². The van der Waals surface area contributed by atoms with Crippen LogP contribution < -0.4 is 5.32 Å². The molecular formula is C25H28FNO3. The van der Waals surface area contributed by atoms with Crippen molar-refractivity contribution in [2.45, 2.75) is 31.0 Å². The quantitative estimate of drug-likeness (QED) is 0.449. The van der Waals surface area contributed by atoms with E-state index in [9.17, 15) is 14.6 Å². The van der Waals surface area contributed by atoms with Crippen LogP contribution in [0, 0.1) is 0 Å². The molecule has 0 aliphatic carbocycles. The van der Waals surface area contributed by atoms with Gasteiger partial charge in [0.05, 0.1) is 25.4 Å². The van der Waals surface area contributed by atoms with Gasteiger partial charge in [-0.1, -0.05) is 91.0 Å². The van der Waals surface area contributed by atoms with Crippen LogP contribution in [0.25, 0.3) is 0 Å². The standard InChI is InChI=1S/C25H28FNO3/c26-24(20-12-6-2-7-13-20)22(28)16-27-25(21-14-8-3-9-15-21)23(29)18-30-17-19-10-4-1-5-11-19/h1-15,22-25,27-29H,16-18H2/t22-,23-,24+,25+/m0/s1. The minimum Gasteiger partial charge on any atom is -0.389 e. The number of hydrogen-bond donors (Lipinski definition) is 3. The smallest absolute Gasteiger partial charge is 0.152 e. The lowest BCUT2D eigenvalue weighted by atomic mass is 10.0.